The lowest BCUT2D eigenvalue weighted by atomic mass is 10.1. The van der Waals surface area contributed by atoms with Crippen LogP contribution in [0.2, 0.25) is 0 Å². The lowest BCUT2D eigenvalue weighted by Gasteiger charge is -2.26. The van der Waals surface area contributed by atoms with Crippen LogP contribution in [0.25, 0.3) is 10.9 Å². The van der Waals surface area contributed by atoms with E-state index in [1.807, 2.05) is 54.3 Å². The summed E-state index contributed by atoms with van der Waals surface area (Å²) in [6.45, 7) is 4.65. The molecule has 0 saturated carbocycles. The molecule has 1 aromatic heterocycles. The number of aromatic nitrogens is 1. The number of H-pyrrole nitrogens is 1. The Morgan fingerprint density at radius 2 is 1.84 bits per heavy atom. The summed E-state index contributed by atoms with van der Waals surface area (Å²) in [7, 11) is 1.64. The highest BCUT2D eigenvalue weighted by molar-refractivity contribution is 7.80. The molecule has 0 fully saturated rings. The molecule has 2 N–H and O–H groups in total. The molecule has 0 unspecified atom stereocenters. The van der Waals surface area contributed by atoms with Crippen LogP contribution >= 0.6 is 12.2 Å². The number of aromatic amines is 1. The van der Waals surface area contributed by atoms with Gasteiger partial charge in [0, 0.05) is 30.1 Å². The number of ether oxygens (including phenoxy) is 3. The van der Waals surface area contributed by atoms with Crippen molar-refractivity contribution in [2.75, 3.05) is 26.9 Å². The molecule has 31 heavy (non-hydrogen) atoms. The summed E-state index contributed by atoms with van der Waals surface area (Å²) in [4.78, 5) is 17.8. The molecule has 8 heteroatoms. The fourth-order valence-corrected chi connectivity index (χ4v) is 3.80. The van der Waals surface area contributed by atoms with Crippen molar-refractivity contribution in [3.05, 3.63) is 63.9 Å². The predicted molar refractivity (Wildman–Crippen MR) is 124 cm³/mol. The molecule has 1 aliphatic heterocycles. The van der Waals surface area contributed by atoms with Gasteiger partial charge in [0.25, 0.3) is 5.56 Å². The maximum atomic E-state index is 12.8. The molecule has 2 heterocycles. The van der Waals surface area contributed by atoms with Crippen molar-refractivity contribution in [2.24, 2.45) is 0 Å². The van der Waals surface area contributed by atoms with Gasteiger partial charge in [0.05, 0.1) is 19.2 Å². The Hall–Kier alpha value is -3.26. The molecule has 7 nitrogen and oxygen atoms in total. The van der Waals surface area contributed by atoms with E-state index in [9.17, 15) is 4.79 Å². The van der Waals surface area contributed by atoms with Gasteiger partial charge < -0.3 is 29.4 Å². The average molecular weight is 440 g/mol. The number of rotatable bonds is 6. The third-order valence-electron chi connectivity index (χ3n) is 5.09. The van der Waals surface area contributed by atoms with Crippen LogP contribution in [0, 0.1) is 0 Å². The highest BCUT2D eigenvalue weighted by atomic mass is 32.1. The minimum Gasteiger partial charge on any atom is -0.497 e. The van der Waals surface area contributed by atoms with Crippen molar-refractivity contribution < 1.29 is 14.2 Å². The van der Waals surface area contributed by atoms with Crippen LogP contribution in [-0.2, 0) is 13.1 Å². The average Bonchev–Trinajstić information content (AvgIpc) is 2.78. The van der Waals surface area contributed by atoms with Gasteiger partial charge in [-0.05, 0) is 49.0 Å². The quantitative estimate of drug-likeness (QED) is 0.571. The first-order valence-electron chi connectivity index (χ1n) is 10.2. The third kappa shape index (κ3) is 4.74. The fraction of sp³-hybridized carbons (Fsp3) is 0.304. The Kier molecular flexibility index (Phi) is 6.27. The molecule has 0 atom stereocenters. The minimum atomic E-state index is -0.150. The summed E-state index contributed by atoms with van der Waals surface area (Å²) in [5.41, 5.74) is 2.26. The van der Waals surface area contributed by atoms with Crippen molar-refractivity contribution in [1.82, 2.24) is 15.2 Å². The second-order valence-electron chi connectivity index (χ2n) is 7.25. The number of fused-ring (bicyclic) bond motifs is 2. The first-order chi connectivity index (χ1) is 15.1. The van der Waals surface area contributed by atoms with Gasteiger partial charge in [-0.3, -0.25) is 4.79 Å². The van der Waals surface area contributed by atoms with Gasteiger partial charge in [-0.25, -0.2) is 0 Å². The molecule has 4 rings (SSSR count). The molecule has 0 aliphatic carbocycles. The Balaban J connectivity index is 1.63. The topological polar surface area (TPSA) is 75.8 Å². The molecule has 0 saturated heterocycles. The minimum absolute atomic E-state index is 0.150. The maximum absolute atomic E-state index is 12.8. The molecule has 2 aromatic carbocycles. The van der Waals surface area contributed by atoms with Crippen LogP contribution in [0.1, 0.15) is 18.1 Å². The van der Waals surface area contributed by atoms with Gasteiger partial charge in [0.1, 0.15) is 19.0 Å². The third-order valence-corrected chi connectivity index (χ3v) is 5.50. The molecule has 0 bridgehead atoms. The number of nitrogens with one attached hydrogen (secondary N) is 2. The van der Waals surface area contributed by atoms with Crippen LogP contribution in [-0.4, -0.2) is 41.9 Å². The summed E-state index contributed by atoms with van der Waals surface area (Å²) in [5.74, 6) is 2.14. The van der Waals surface area contributed by atoms with Crippen molar-refractivity contribution in [3.8, 4) is 17.2 Å². The number of benzene rings is 2. The SMILES string of the molecule is CCNC(=S)N(Cc1ccc(OC)cc1)Cc1cc2cc3c(cc2[nH]c1=O)OCCO3. The van der Waals surface area contributed by atoms with E-state index in [4.69, 9.17) is 26.4 Å². The van der Waals surface area contributed by atoms with Crippen molar-refractivity contribution >= 4 is 28.2 Å². The molecule has 0 radical (unpaired) electrons. The van der Waals surface area contributed by atoms with E-state index in [0.717, 1.165) is 16.7 Å². The molecular formula is C23H25N3O4S. The summed E-state index contributed by atoms with van der Waals surface area (Å²) in [5, 5.41) is 4.67. The zero-order valence-electron chi connectivity index (χ0n) is 17.6. The normalized spacial score (nSPS) is 12.5. The monoisotopic (exact) mass is 439 g/mol. The Morgan fingerprint density at radius 1 is 1.13 bits per heavy atom. The first-order valence-corrected chi connectivity index (χ1v) is 10.6. The number of methoxy groups -OCH3 is 1. The lowest BCUT2D eigenvalue weighted by molar-refractivity contribution is 0.172. The second kappa shape index (κ2) is 9.26. The van der Waals surface area contributed by atoms with E-state index >= 15 is 0 Å². The molecular weight excluding hydrogens is 414 g/mol. The van der Waals surface area contributed by atoms with Crippen LogP contribution < -0.4 is 25.1 Å². The van der Waals surface area contributed by atoms with Gasteiger partial charge in [0.2, 0.25) is 0 Å². The number of hydrogen-bond acceptors (Lipinski definition) is 5. The van der Waals surface area contributed by atoms with Crippen LogP contribution in [0.3, 0.4) is 0 Å². The van der Waals surface area contributed by atoms with E-state index in [1.54, 1.807) is 7.11 Å². The highest BCUT2D eigenvalue weighted by Gasteiger charge is 2.17. The Morgan fingerprint density at radius 3 is 2.52 bits per heavy atom. The van der Waals surface area contributed by atoms with Crippen LogP contribution in [0.15, 0.2) is 47.3 Å². The first kappa shape index (κ1) is 21.0. The Bertz CT molecular complexity index is 1140. The summed E-state index contributed by atoms with van der Waals surface area (Å²) >= 11 is 5.58. The van der Waals surface area contributed by atoms with E-state index in [1.165, 1.54) is 0 Å². The molecule has 0 amide bonds. The van der Waals surface area contributed by atoms with Gasteiger partial charge in [-0.1, -0.05) is 12.1 Å². The van der Waals surface area contributed by atoms with Gasteiger partial charge >= 0.3 is 0 Å². The lowest BCUT2D eigenvalue weighted by Crippen LogP contribution is -2.39. The van der Waals surface area contributed by atoms with Gasteiger partial charge in [0.15, 0.2) is 16.6 Å². The van der Waals surface area contributed by atoms with Crippen molar-refractivity contribution in [1.29, 1.82) is 0 Å². The highest BCUT2D eigenvalue weighted by Crippen LogP contribution is 2.33. The predicted octanol–water partition coefficient (Wildman–Crippen LogP) is 3.20. The molecule has 1 aliphatic rings. The van der Waals surface area contributed by atoms with Crippen LogP contribution in [0.4, 0.5) is 0 Å². The smallest absolute Gasteiger partial charge is 0.253 e. The number of hydrogen-bond donors (Lipinski definition) is 2. The standard InChI is InChI=1S/C23H25N3O4S/c1-3-24-23(31)26(13-15-4-6-18(28-2)7-5-15)14-17-10-16-11-20-21(30-9-8-29-20)12-19(16)25-22(17)27/h4-7,10-12H,3,8-9,13-14H2,1-2H3,(H,24,31)(H,25,27). The summed E-state index contributed by atoms with van der Waals surface area (Å²) in [6, 6.07) is 13.4. The summed E-state index contributed by atoms with van der Waals surface area (Å²) in [6.07, 6.45) is 0. The van der Waals surface area contributed by atoms with Crippen molar-refractivity contribution in [2.45, 2.75) is 20.0 Å². The summed E-state index contributed by atoms with van der Waals surface area (Å²) < 4.78 is 16.5. The molecule has 162 valence electrons. The molecule has 3 aromatic rings. The van der Waals surface area contributed by atoms with Crippen LogP contribution in [0.5, 0.6) is 17.2 Å². The van der Waals surface area contributed by atoms with E-state index < -0.39 is 0 Å². The van der Waals surface area contributed by atoms with E-state index in [0.29, 0.717) is 60.5 Å². The maximum Gasteiger partial charge on any atom is 0.253 e. The zero-order valence-corrected chi connectivity index (χ0v) is 18.4. The number of pyridine rings is 1. The second-order valence-corrected chi connectivity index (χ2v) is 7.63. The largest absolute Gasteiger partial charge is 0.497 e. The molecule has 0 spiro atoms. The van der Waals surface area contributed by atoms with E-state index in [2.05, 4.69) is 10.3 Å². The Labute approximate surface area is 185 Å². The van der Waals surface area contributed by atoms with Gasteiger partial charge in [-0.2, -0.15) is 0 Å². The number of thiocarbonyl (C=S) groups is 1. The fourth-order valence-electron chi connectivity index (χ4n) is 3.52. The van der Waals surface area contributed by atoms with E-state index in [-0.39, 0.29) is 5.56 Å². The zero-order chi connectivity index (χ0) is 21.8. The van der Waals surface area contributed by atoms with Crippen molar-refractivity contribution in [3.63, 3.8) is 0 Å². The number of nitrogens with zero attached hydrogens (tertiary/aromatic N) is 1. The van der Waals surface area contributed by atoms with Gasteiger partial charge in [-0.15, -0.1) is 0 Å².